The van der Waals surface area contributed by atoms with Crippen molar-refractivity contribution in [1.29, 1.82) is 0 Å². The second kappa shape index (κ2) is 6.17. The fourth-order valence-corrected chi connectivity index (χ4v) is 4.82. The normalized spacial score (nSPS) is 21.8. The topological polar surface area (TPSA) is 50.2 Å². The van der Waals surface area contributed by atoms with Gasteiger partial charge in [-0.05, 0) is 49.9 Å². The van der Waals surface area contributed by atoms with Crippen molar-refractivity contribution in [2.24, 2.45) is 12.5 Å². The van der Waals surface area contributed by atoms with Crippen LogP contribution in [0.4, 0.5) is 0 Å². The molecule has 2 aromatic heterocycles. The summed E-state index contributed by atoms with van der Waals surface area (Å²) in [6, 6.07) is 3.94. The molecule has 5 nitrogen and oxygen atoms in total. The molecule has 1 spiro atoms. The molecule has 128 valence electrons. The Morgan fingerprint density at radius 2 is 2.29 bits per heavy atom. The Bertz CT molecular complexity index is 749. The number of aryl methyl sites for hydroxylation is 1. The van der Waals surface area contributed by atoms with E-state index in [4.69, 9.17) is 11.6 Å². The van der Waals surface area contributed by atoms with Crippen LogP contribution in [-0.2, 0) is 13.6 Å². The van der Waals surface area contributed by atoms with Gasteiger partial charge >= 0.3 is 0 Å². The van der Waals surface area contributed by atoms with Crippen molar-refractivity contribution < 1.29 is 4.79 Å². The van der Waals surface area contributed by atoms with Gasteiger partial charge in [-0.2, -0.15) is 0 Å². The zero-order valence-corrected chi connectivity index (χ0v) is 15.2. The van der Waals surface area contributed by atoms with Gasteiger partial charge in [0, 0.05) is 25.5 Å². The quantitative estimate of drug-likeness (QED) is 0.907. The van der Waals surface area contributed by atoms with Gasteiger partial charge in [-0.1, -0.05) is 11.6 Å². The maximum Gasteiger partial charge on any atom is 0.264 e. The van der Waals surface area contributed by atoms with E-state index in [0.717, 1.165) is 38.2 Å². The van der Waals surface area contributed by atoms with E-state index >= 15 is 0 Å². The Morgan fingerprint density at radius 1 is 1.50 bits per heavy atom. The first-order chi connectivity index (χ1) is 11.6. The summed E-state index contributed by atoms with van der Waals surface area (Å²) in [4.78, 5) is 20.3. The van der Waals surface area contributed by atoms with Crippen LogP contribution < -0.4 is 5.32 Å². The lowest BCUT2D eigenvalue weighted by Crippen LogP contribution is -2.39. The molecule has 1 aliphatic heterocycles. The third-order valence-corrected chi connectivity index (χ3v) is 6.62. The van der Waals surface area contributed by atoms with Crippen molar-refractivity contribution in [3.63, 3.8) is 0 Å². The smallest absolute Gasteiger partial charge is 0.264 e. The summed E-state index contributed by atoms with van der Waals surface area (Å²) >= 11 is 7.39. The molecule has 7 heteroatoms. The monoisotopic (exact) mass is 364 g/mol. The van der Waals surface area contributed by atoms with Crippen molar-refractivity contribution in [3.05, 3.63) is 39.6 Å². The van der Waals surface area contributed by atoms with Crippen LogP contribution in [0.15, 0.2) is 24.5 Å². The van der Waals surface area contributed by atoms with Crippen LogP contribution >= 0.6 is 22.9 Å². The number of carbonyl (C=O) groups is 1. The third kappa shape index (κ3) is 2.87. The number of aromatic nitrogens is 2. The van der Waals surface area contributed by atoms with E-state index in [9.17, 15) is 4.79 Å². The van der Waals surface area contributed by atoms with Crippen LogP contribution in [0, 0.1) is 5.41 Å². The van der Waals surface area contributed by atoms with Gasteiger partial charge in [-0.25, -0.2) is 4.98 Å². The molecule has 24 heavy (non-hydrogen) atoms. The molecular weight excluding hydrogens is 344 g/mol. The highest BCUT2D eigenvalue weighted by Gasteiger charge is 2.58. The predicted octanol–water partition coefficient (Wildman–Crippen LogP) is 2.92. The Kier molecular flexibility index (Phi) is 4.14. The van der Waals surface area contributed by atoms with E-state index in [1.54, 1.807) is 12.3 Å². The average Bonchev–Trinajstić information content (AvgIpc) is 2.91. The summed E-state index contributed by atoms with van der Waals surface area (Å²) in [7, 11) is 1.97. The maximum absolute atomic E-state index is 13.1. The molecule has 1 unspecified atom stereocenters. The molecule has 1 aliphatic carbocycles. The zero-order valence-electron chi connectivity index (χ0n) is 13.7. The van der Waals surface area contributed by atoms with Gasteiger partial charge in [0.15, 0.2) is 0 Å². The van der Waals surface area contributed by atoms with Gasteiger partial charge in [0.25, 0.3) is 5.91 Å². The molecule has 1 amide bonds. The number of rotatable bonds is 4. The zero-order chi connectivity index (χ0) is 16.7. The second-order valence-electron chi connectivity index (χ2n) is 6.82. The number of carbonyl (C=O) groups excluding carboxylic acids is 1. The summed E-state index contributed by atoms with van der Waals surface area (Å²) < 4.78 is 2.64. The number of amides is 1. The molecule has 4 rings (SSSR count). The summed E-state index contributed by atoms with van der Waals surface area (Å²) in [5.41, 5.74) is 0.299. The van der Waals surface area contributed by atoms with Crippen molar-refractivity contribution in [3.8, 4) is 0 Å². The van der Waals surface area contributed by atoms with E-state index in [1.807, 2.05) is 28.8 Å². The van der Waals surface area contributed by atoms with E-state index < -0.39 is 0 Å². The van der Waals surface area contributed by atoms with Crippen LogP contribution in [0.2, 0.25) is 4.34 Å². The van der Waals surface area contributed by atoms with Gasteiger partial charge in [0.05, 0.1) is 15.8 Å². The third-order valence-electron chi connectivity index (χ3n) is 5.40. The second-order valence-corrected chi connectivity index (χ2v) is 8.54. The number of nitrogens with zero attached hydrogens (tertiary/aromatic N) is 3. The fraction of sp³-hybridized carbons (Fsp3) is 0.529. The van der Waals surface area contributed by atoms with Gasteiger partial charge in [0.1, 0.15) is 5.82 Å². The minimum Gasteiger partial charge on any atom is -0.337 e. The minimum atomic E-state index is 0.0790. The molecule has 0 aromatic carbocycles. The predicted molar refractivity (Wildman–Crippen MR) is 95.4 cm³/mol. The first-order valence-corrected chi connectivity index (χ1v) is 9.52. The summed E-state index contributed by atoms with van der Waals surface area (Å²) in [5, 5.41) is 3.42. The average molecular weight is 365 g/mol. The summed E-state index contributed by atoms with van der Waals surface area (Å²) in [6.45, 7) is 2.65. The number of piperidine rings is 1. The lowest BCUT2D eigenvalue weighted by atomic mass is 9.93. The largest absolute Gasteiger partial charge is 0.337 e. The fourth-order valence-electron chi connectivity index (χ4n) is 3.82. The van der Waals surface area contributed by atoms with Crippen molar-refractivity contribution >= 4 is 28.8 Å². The SMILES string of the molecule is Cn1ccnc1CN(C(=O)c1ccc(Cl)s1)C1CC12CCNCC2. The summed E-state index contributed by atoms with van der Waals surface area (Å²) in [6.07, 6.45) is 7.10. The molecule has 0 radical (unpaired) electrons. The first kappa shape index (κ1) is 16.1. The Hall–Kier alpha value is -1.37. The van der Waals surface area contributed by atoms with Gasteiger partial charge in [-0.15, -0.1) is 11.3 Å². The highest BCUT2D eigenvalue weighted by molar-refractivity contribution is 7.17. The lowest BCUT2D eigenvalue weighted by Gasteiger charge is -2.29. The lowest BCUT2D eigenvalue weighted by molar-refractivity contribution is 0.0690. The van der Waals surface area contributed by atoms with Crippen LogP contribution in [0.3, 0.4) is 0 Å². The van der Waals surface area contributed by atoms with E-state index in [1.165, 1.54) is 11.3 Å². The molecule has 1 N–H and O–H groups in total. The van der Waals surface area contributed by atoms with Crippen LogP contribution in [0.5, 0.6) is 0 Å². The van der Waals surface area contributed by atoms with Crippen molar-refractivity contribution in [2.45, 2.75) is 31.8 Å². The Labute approximate surface area is 150 Å². The van der Waals surface area contributed by atoms with E-state index in [-0.39, 0.29) is 5.91 Å². The molecule has 1 saturated carbocycles. The standard InChI is InChI=1S/C17H21ClN4OS/c1-21-9-8-20-15(21)11-22(16(23)12-2-3-14(18)24-12)13-10-17(13)4-6-19-7-5-17/h2-3,8-9,13,19H,4-7,10-11H2,1H3. The molecule has 0 bridgehead atoms. The number of hydrogen-bond donors (Lipinski definition) is 1. The number of nitrogens with one attached hydrogen (secondary N) is 1. The van der Waals surface area contributed by atoms with Gasteiger partial charge in [0.2, 0.25) is 0 Å². The van der Waals surface area contributed by atoms with Gasteiger partial charge in [-0.3, -0.25) is 4.79 Å². The highest BCUT2D eigenvalue weighted by atomic mass is 35.5. The number of hydrogen-bond acceptors (Lipinski definition) is 4. The minimum absolute atomic E-state index is 0.0790. The van der Waals surface area contributed by atoms with Crippen LogP contribution in [-0.4, -0.2) is 39.5 Å². The number of imidazole rings is 1. The molecule has 3 heterocycles. The van der Waals surface area contributed by atoms with Crippen LogP contribution in [0.1, 0.15) is 34.8 Å². The molecule has 2 aliphatic rings. The summed E-state index contributed by atoms with van der Waals surface area (Å²) in [5.74, 6) is 0.997. The number of halogens is 1. The maximum atomic E-state index is 13.1. The first-order valence-electron chi connectivity index (χ1n) is 8.32. The Balaban J connectivity index is 1.60. The molecule has 1 atom stereocenters. The van der Waals surface area contributed by atoms with Crippen molar-refractivity contribution in [2.75, 3.05) is 13.1 Å². The molecule has 1 saturated heterocycles. The van der Waals surface area contributed by atoms with Crippen molar-refractivity contribution in [1.82, 2.24) is 19.8 Å². The molecular formula is C17H21ClN4OS. The highest BCUT2D eigenvalue weighted by Crippen LogP contribution is 2.56. The van der Waals surface area contributed by atoms with E-state index in [2.05, 4.69) is 10.3 Å². The Morgan fingerprint density at radius 3 is 2.92 bits per heavy atom. The molecule has 2 fully saturated rings. The van der Waals surface area contributed by atoms with E-state index in [0.29, 0.717) is 27.2 Å². The molecule has 2 aromatic rings. The van der Waals surface area contributed by atoms with Crippen LogP contribution in [0.25, 0.3) is 0 Å². The number of thiophene rings is 1. The van der Waals surface area contributed by atoms with Gasteiger partial charge < -0.3 is 14.8 Å².